The molecule has 0 spiro atoms. The minimum Gasteiger partial charge on any atom is -0.322 e. The van der Waals surface area contributed by atoms with E-state index >= 15 is 0 Å². The summed E-state index contributed by atoms with van der Waals surface area (Å²) in [6.45, 7) is 1.96. The van der Waals surface area contributed by atoms with Gasteiger partial charge in [-0.15, -0.1) is 0 Å². The first kappa shape index (κ1) is 12.4. The van der Waals surface area contributed by atoms with Crippen LogP contribution in [-0.2, 0) is 0 Å². The maximum Gasteiger partial charge on any atom is 0.255 e. The van der Waals surface area contributed by atoms with Crippen LogP contribution in [0.25, 0.3) is 10.8 Å². The third-order valence-electron chi connectivity index (χ3n) is 3.37. The van der Waals surface area contributed by atoms with Crippen molar-refractivity contribution in [2.24, 2.45) is 0 Å². The van der Waals surface area contributed by atoms with Crippen molar-refractivity contribution in [1.29, 1.82) is 0 Å². The summed E-state index contributed by atoms with van der Waals surface area (Å²) in [5.74, 6) is -0.0700. The molecule has 0 fully saturated rings. The fourth-order valence-corrected chi connectivity index (χ4v) is 2.32. The predicted octanol–water partition coefficient (Wildman–Crippen LogP) is 4.40. The fraction of sp³-hybridized carbons (Fsp3) is 0.0556. The maximum absolute atomic E-state index is 12.4. The number of amides is 1. The molecule has 0 unspecified atom stereocenters. The number of benzene rings is 3. The fourth-order valence-electron chi connectivity index (χ4n) is 2.32. The molecular formula is C18H15NO. The van der Waals surface area contributed by atoms with Gasteiger partial charge < -0.3 is 5.32 Å². The van der Waals surface area contributed by atoms with E-state index in [1.54, 1.807) is 0 Å². The molecule has 0 aliphatic rings. The van der Waals surface area contributed by atoms with Gasteiger partial charge >= 0.3 is 0 Å². The average molecular weight is 261 g/mol. The van der Waals surface area contributed by atoms with Crippen molar-refractivity contribution in [2.45, 2.75) is 6.92 Å². The first-order chi connectivity index (χ1) is 9.74. The van der Waals surface area contributed by atoms with Crippen molar-refractivity contribution in [3.63, 3.8) is 0 Å². The van der Waals surface area contributed by atoms with E-state index in [1.807, 2.05) is 61.5 Å². The molecule has 0 saturated carbocycles. The van der Waals surface area contributed by atoms with Gasteiger partial charge in [0.1, 0.15) is 0 Å². The third kappa shape index (κ3) is 2.41. The van der Waals surface area contributed by atoms with Crippen molar-refractivity contribution in [3.8, 4) is 0 Å². The van der Waals surface area contributed by atoms with E-state index in [9.17, 15) is 4.79 Å². The zero-order valence-corrected chi connectivity index (χ0v) is 11.3. The largest absolute Gasteiger partial charge is 0.322 e. The Morgan fingerprint density at radius 2 is 1.45 bits per heavy atom. The van der Waals surface area contributed by atoms with Crippen LogP contribution in [-0.4, -0.2) is 5.91 Å². The van der Waals surface area contributed by atoms with Gasteiger partial charge in [0.15, 0.2) is 0 Å². The first-order valence-corrected chi connectivity index (χ1v) is 6.60. The number of rotatable bonds is 2. The van der Waals surface area contributed by atoms with E-state index in [-0.39, 0.29) is 5.91 Å². The van der Waals surface area contributed by atoms with Crippen molar-refractivity contribution >= 4 is 22.4 Å². The van der Waals surface area contributed by atoms with E-state index in [2.05, 4.69) is 17.4 Å². The number of para-hydroxylation sites is 1. The van der Waals surface area contributed by atoms with Crippen LogP contribution in [0.5, 0.6) is 0 Å². The molecule has 3 rings (SSSR count). The second-order valence-electron chi connectivity index (χ2n) is 4.83. The lowest BCUT2D eigenvalue weighted by atomic mass is 10.0. The highest BCUT2D eigenvalue weighted by Gasteiger charge is 2.10. The molecule has 0 radical (unpaired) electrons. The summed E-state index contributed by atoms with van der Waals surface area (Å²) < 4.78 is 0. The van der Waals surface area contributed by atoms with Crippen LogP contribution in [0.3, 0.4) is 0 Å². The van der Waals surface area contributed by atoms with Gasteiger partial charge in [0.05, 0.1) is 0 Å². The molecule has 20 heavy (non-hydrogen) atoms. The molecule has 0 aliphatic carbocycles. The zero-order chi connectivity index (χ0) is 13.9. The Morgan fingerprint density at radius 3 is 2.15 bits per heavy atom. The first-order valence-electron chi connectivity index (χ1n) is 6.60. The second-order valence-corrected chi connectivity index (χ2v) is 4.83. The van der Waals surface area contributed by atoms with Crippen LogP contribution in [0, 0.1) is 6.92 Å². The summed E-state index contributed by atoms with van der Waals surface area (Å²) in [4.78, 5) is 12.4. The Labute approximate surface area is 118 Å². The van der Waals surface area contributed by atoms with Crippen LogP contribution in [0.4, 0.5) is 5.69 Å². The van der Waals surface area contributed by atoms with Crippen LogP contribution in [0.15, 0.2) is 66.7 Å². The second kappa shape index (κ2) is 5.17. The Bertz CT molecular complexity index is 763. The lowest BCUT2D eigenvalue weighted by molar-refractivity contribution is 0.102. The van der Waals surface area contributed by atoms with E-state index in [4.69, 9.17) is 0 Å². The lowest BCUT2D eigenvalue weighted by Crippen LogP contribution is -2.13. The summed E-state index contributed by atoms with van der Waals surface area (Å²) in [5.41, 5.74) is 2.51. The van der Waals surface area contributed by atoms with Gasteiger partial charge in [-0.05, 0) is 41.5 Å². The molecule has 0 heterocycles. The molecule has 0 aliphatic heterocycles. The molecule has 0 aromatic heterocycles. The monoisotopic (exact) mass is 261 g/mol. The van der Waals surface area contributed by atoms with E-state index < -0.39 is 0 Å². The quantitative estimate of drug-likeness (QED) is 0.727. The number of nitrogens with one attached hydrogen (secondary N) is 1. The number of hydrogen-bond donors (Lipinski definition) is 1. The highest BCUT2D eigenvalue weighted by Crippen LogP contribution is 2.20. The van der Waals surface area contributed by atoms with Gasteiger partial charge in [0, 0.05) is 11.3 Å². The zero-order valence-electron chi connectivity index (χ0n) is 11.3. The highest BCUT2D eigenvalue weighted by molar-refractivity contribution is 6.07. The van der Waals surface area contributed by atoms with Gasteiger partial charge in [0.25, 0.3) is 5.91 Å². The number of carbonyl (C=O) groups is 1. The summed E-state index contributed by atoms with van der Waals surface area (Å²) in [5, 5.41) is 5.16. The van der Waals surface area contributed by atoms with Gasteiger partial charge in [-0.2, -0.15) is 0 Å². The molecule has 1 N–H and O–H groups in total. The third-order valence-corrected chi connectivity index (χ3v) is 3.37. The Balaban J connectivity index is 1.97. The molecule has 1 amide bonds. The summed E-state index contributed by atoms with van der Waals surface area (Å²) in [7, 11) is 0. The Kier molecular flexibility index (Phi) is 3.21. The Morgan fingerprint density at radius 1 is 0.850 bits per heavy atom. The molecule has 3 aromatic carbocycles. The number of anilines is 1. The van der Waals surface area contributed by atoms with Crippen molar-refractivity contribution in [2.75, 3.05) is 5.32 Å². The summed E-state index contributed by atoms with van der Waals surface area (Å²) in [6, 6.07) is 21.6. The SMILES string of the molecule is Cc1cc2ccccc2cc1C(=O)Nc1ccccc1. The minimum absolute atomic E-state index is 0.0700. The topological polar surface area (TPSA) is 29.1 Å². The van der Waals surface area contributed by atoms with Crippen LogP contribution in [0.1, 0.15) is 15.9 Å². The van der Waals surface area contributed by atoms with E-state index in [1.165, 1.54) is 0 Å². The maximum atomic E-state index is 12.4. The average Bonchev–Trinajstić information content (AvgIpc) is 2.47. The smallest absolute Gasteiger partial charge is 0.255 e. The number of aryl methyl sites for hydroxylation is 1. The van der Waals surface area contributed by atoms with Crippen LogP contribution < -0.4 is 5.32 Å². The summed E-state index contributed by atoms with van der Waals surface area (Å²) >= 11 is 0. The molecular weight excluding hydrogens is 246 g/mol. The standard InChI is InChI=1S/C18H15NO/c1-13-11-14-7-5-6-8-15(14)12-17(13)18(20)19-16-9-3-2-4-10-16/h2-12H,1H3,(H,19,20). The predicted molar refractivity (Wildman–Crippen MR) is 83.1 cm³/mol. The molecule has 2 heteroatoms. The van der Waals surface area contributed by atoms with Gasteiger partial charge in [-0.25, -0.2) is 0 Å². The van der Waals surface area contributed by atoms with E-state index in [0.717, 1.165) is 22.0 Å². The Hall–Kier alpha value is -2.61. The molecule has 98 valence electrons. The highest BCUT2D eigenvalue weighted by atomic mass is 16.1. The molecule has 0 bridgehead atoms. The number of fused-ring (bicyclic) bond motifs is 1. The van der Waals surface area contributed by atoms with Gasteiger partial charge in [-0.3, -0.25) is 4.79 Å². The number of carbonyl (C=O) groups excluding carboxylic acids is 1. The van der Waals surface area contributed by atoms with E-state index in [0.29, 0.717) is 5.56 Å². The molecule has 3 aromatic rings. The van der Waals surface area contributed by atoms with Gasteiger partial charge in [-0.1, -0.05) is 48.5 Å². The van der Waals surface area contributed by atoms with Gasteiger partial charge in [0.2, 0.25) is 0 Å². The van der Waals surface area contributed by atoms with Crippen molar-refractivity contribution < 1.29 is 4.79 Å². The van der Waals surface area contributed by atoms with Crippen LogP contribution in [0.2, 0.25) is 0 Å². The number of hydrogen-bond acceptors (Lipinski definition) is 1. The molecule has 2 nitrogen and oxygen atoms in total. The lowest BCUT2D eigenvalue weighted by Gasteiger charge is -2.09. The normalized spacial score (nSPS) is 10.4. The van der Waals surface area contributed by atoms with Crippen molar-refractivity contribution in [3.05, 3.63) is 77.9 Å². The van der Waals surface area contributed by atoms with Crippen LogP contribution >= 0.6 is 0 Å². The van der Waals surface area contributed by atoms with Crippen molar-refractivity contribution in [1.82, 2.24) is 0 Å². The molecule has 0 saturated heterocycles. The summed E-state index contributed by atoms with van der Waals surface area (Å²) in [6.07, 6.45) is 0. The molecule has 0 atom stereocenters. The minimum atomic E-state index is -0.0700.